The van der Waals surface area contributed by atoms with Gasteiger partial charge in [0, 0.05) is 6.92 Å². The van der Waals surface area contributed by atoms with E-state index >= 15 is 0 Å². The molecule has 0 heterocycles. The molecule has 0 atom stereocenters. The number of carbonyl (C=O) groups excluding carboxylic acids is 2. The summed E-state index contributed by atoms with van der Waals surface area (Å²) < 4.78 is 10.8. The number of hydrogen-bond acceptors (Lipinski definition) is 5. The molecule has 0 aliphatic heterocycles. The van der Waals surface area contributed by atoms with Crippen molar-refractivity contribution in [2.24, 2.45) is 5.10 Å². The topological polar surface area (TPSA) is 77.0 Å². The highest BCUT2D eigenvalue weighted by atomic mass is 16.5. The third-order valence-corrected chi connectivity index (χ3v) is 3.09. The van der Waals surface area contributed by atoms with Crippen LogP contribution >= 0.6 is 0 Å². The first-order valence-corrected chi connectivity index (χ1v) is 7.93. The lowest BCUT2D eigenvalue weighted by Gasteiger charge is -2.07. The lowest BCUT2D eigenvalue weighted by molar-refractivity contribution is -0.118. The fourth-order valence-corrected chi connectivity index (χ4v) is 1.89. The predicted octanol–water partition coefficient (Wildman–Crippen LogP) is 3.16. The molecule has 1 N–H and O–H groups in total. The van der Waals surface area contributed by atoms with Crippen LogP contribution in [0.4, 0.5) is 0 Å². The Morgan fingerprint density at radius 3 is 2.28 bits per heavy atom. The summed E-state index contributed by atoms with van der Waals surface area (Å²) in [5.74, 6) is 0.462. The second-order valence-electron chi connectivity index (χ2n) is 5.26. The van der Waals surface area contributed by atoms with Crippen LogP contribution in [0.25, 0.3) is 0 Å². The van der Waals surface area contributed by atoms with E-state index < -0.39 is 5.97 Å². The van der Waals surface area contributed by atoms with Gasteiger partial charge in [0.15, 0.2) is 0 Å². The summed E-state index contributed by atoms with van der Waals surface area (Å²) in [7, 11) is 0. The maximum Gasteiger partial charge on any atom is 0.343 e. The first-order chi connectivity index (χ1) is 12.1. The number of benzene rings is 2. The molecule has 0 bridgehead atoms. The van der Waals surface area contributed by atoms with Crippen molar-refractivity contribution in [3.63, 3.8) is 0 Å². The van der Waals surface area contributed by atoms with Crippen LogP contribution in [-0.2, 0) is 4.79 Å². The van der Waals surface area contributed by atoms with Crippen LogP contribution < -0.4 is 14.9 Å². The Balaban J connectivity index is 1.93. The molecular formula is C19H20N2O4. The lowest BCUT2D eigenvalue weighted by Crippen LogP contribution is -2.12. The standard InChI is InChI=1S/C19H20N2O4/c1-3-12-24-17-10-6-16(7-11-17)19(23)25-18-8-4-15(5-9-18)13-20-21-14(2)22/h4-11,13H,3,12H2,1-2H3,(H,21,22)/b20-13+. The summed E-state index contributed by atoms with van der Waals surface area (Å²) in [4.78, 5) is 22.9. The molecule has 2 aromatic carbocycles. The highest BCUT2D eigenvalue weighted by molar-refractivity contribution is 5.91. The molecule has 0 unspecified atom stereocenters. The number of ether oxygens (including phenoxy) is 2. The fourth-order valence-electron chi connectivity index (χ4n) is 1.89. The molecule has 6 nitrogen and oxygen atoms in total. The van der Waals surface area contributed by atoms with E-state index in [1.165, 1.54) is 13.1 Å². The van der Waals surface area contributed by atoms with Crippen LogP contribution in [0.3, 0.4) is 0 Å². The Hall–Kier alpha value is -3.15. The minimum Gasteiger partial charge on any atom is -0.494 e. The number of hydrogen-bond donors (Lipinski definition) is 1. The van der Waals surface area contributed by atoms with E-state index in [2.05, 4.69) is 10.5 Å². The molecule has 0 spiro atoms. The number of nitrogens with zero attached hydrogens (tertiary/aromatic N) is 1. The van der Waals surface area contributed by atoms with Crippen LogP contribution in [0.2, 0.25) is 0 Å². The second-order valence-corrected chi connectivity index (χ2v) is 5.26. The minimum absolute atomic E-state index is 0.243. The van der Waals surface area contributed by atoms with E-state index in [-0.39, 0.29) is 5.91 Å². The molecule has 2 rings (SSSR count). The number of rotatable bonds is 7. The quantitative estimate of drug-likeness (QED) is 0.363. The summed E-state index contributed by atoms with van der Waals surface area (Å²) in [6, 6.07) is 13.6. The van der Waals surface area contributed by atoms with Crippen molar-refractivity contribution in [2.75, 3.05) is 6.61 Å². The van der Waals surface area contributed by atoms with Crippen LogP contribution in [-0.4, -0.2) is 24.7 Å². The van der Waals surface area contributed by atoms with Crippen LogP contribution in [0.15, 0.2) is 53.6 Å². The SMILES string of the molecule is CCCOc1ccc(C(=O)Oc2ccc(/C=N/NC(C)=O)cc2)cc1. The van der Waals surface area contributed by atoms with Crippen molar-refractivity contribution in [3.8, 4) is 11.5 Å². The molecule has 2 aromatic rings. The molecule has 0 radical (unpaired) electrons. The minimum atomic E-state index is -0.443. The largest absolute Gasteiger partial charge is 0.494 e. The molecule has 0 aliphatic carbocycles. The molecule has 130 valence electrons. The predicted molar refractivity (Wildman–Crippen MR) is 95.0 cm³/mol. The normalized spacial score (nSPS) is 10.5. The van der Waals surface area contributed by atoms with Gasteiger partial charge in [-0.2, -0.15) is 5.10 Å². The number of amides is 1. The monoisotopic (exact) mass is 340 g/mol. The van der Waals surface area contributed by atoms with Gasteiger partial charge in [-0.1, -0.05) is 6.92 Å². The zero-order valence-corrected chi connectivity index (χ0v) is 14.2. The van der Waals surface area contributed by atoms with Gasteiger partial charge in [-0.05, 0) is 60.5 Å². The van der Waals surface area contributed by atoms with E-state index in [0.717, 1.165) is 17.7 Å². The molecule has 0 aliphatic rings. The van der Waals surface area contributed by atoms with Gasteiger partial charge in [0.1, 0.15) is 11.5 Å². The molecule has 1 amide bonds. The lowest BCUT2D eigenvalue weighted by atomic mass is 10.2. The molecule has 0 saturated heterocycles. The summed E-state index contributed by atoms with van der Waals surface area (Å²) in [5, 5.41) is 3.76. The van der Waals surface area contributed by atoms with Crippen LogP contribution in [0.1, 0.15) is 36.2 Å². The van der Waals surface area contributed by atoms with Crippen molar-refractivity contribution >= 4 is 18.1 Å². The van der Waals surface area contributed by atoms with Gasteiger partial charge in [0.2, 0.25) is 5.91 Å². The van der Waals surface area contributed by atoms with Crippen LogP contribution in [0, 0.1) is 0 Å². The Bertz CT molecular complexity index is 737. The Labute approximate surface area is 146 Å². The number of hydrazone groups is 1. The third-order valence-electron chi connectivity index (χ3n) is 3.09. The highest BCUT2D eigenvalue weighted by Gasteiger charge is 2.08. The first-order valence-electron chi connectivity index (χ1n) is 7.93. The second kappa shape index (κ2) is 9.22. The maximum absolute atomic E-state index is 12.1. The molecule has 6 heteroatoms. The van der Waals surface area contributed by atoms with E-state index in [9.17, 15) is 9.59 Å². The summed E-state index contributed by atoms with van der Waals surface area (Å²) in [5.41, 5.74) is 3.53. The zero-order chi connectivity index (χ0) is 18.1. The Kier molecular flexibility index (Phi) is 6.71. The van der Waals surface area contributed by atoms with E-state index in [0.29, 0.717) is 17.9 Å². The Morgan fingerprint density at radius 1 is 1.04 bits per heavy atom. The van der Waals surface area contributed by atoms with Crippen LogP contribution in [0.5, 0.6) is 11.5 Å². The number of nitrogens with one attached hydrogen (secondary N) is 1. The van der Waals surface area contributed by atoms with Crippen molar-refractivity contribution < 1.29 is 19.1 Å². The van der Waals surface area contributed by atoms with Gasteiger partial charge < -0.3 is 9.47 Å². The van der Waals surface area contributed by atoms with E-state index in [4.69, 9.17) is 9.47 Å². The van der Waals surface area contributed by atoms with E-state index in [1.807, 2.05) is 6.92 Å². The fraction of sp³-hybridized carbons (Fsp3) is 0.211. The first kappa shape index (κ1) is 18.2. The van der Waals surface area contributed by atoms with Gasteiger partial charge in [-0.15, -0.1) is 0 Å². The Morgan fingerprint density at radius 2 is 1.68 bits per heavy atom. The smallest absolute Gasteiger partial charge is 0.343 e. The molecular weight excluding hydrogens is 320 g/mol. The van der Waals surface area contributed by atoms with Crippen molar-refractivity contribution in [3.05, 3.63) is 59.7 Å². The molecule has 25 heavy (non-hydrogen) atoms. The third kappa shape index (κ3) is 6.10. The zero-order valence-electron chi connectivity index (χ0n) is 14.2. The van der Waals surface area contributed by atoms with Gasteiger partial charge in [-0.3, -0.25) is 4.79 Å². The van der Waals surface area contributed by atoms with Crippen molar-refractivity contribution in [2.45, 2.75) is 20.3 Å². The molecule has 0 fully saturated rings. The van der Waals surface area contributed by atoms with Gasteiger partial charge in [0.25, 0.3) is 0 Å². The highest BCUT2D eigenvalue weighted by Crippen LogP contribution is 2.16. The molecule has 0 aromatic heterocycles. The summed E-state index contributed by atoms with van der Waals surface area (Å²) >= 11 is 0. The number of esters is 1. The summed E-state index contributed by atoms with van der Waals surface area (Å²) in [6.45, 7) is 4.05. The molecule has 0 saturated carbocycles. The maximum atomic E-state index is 12.1. The van der Waals surface area contributed by atoms with Gasteiger partial charge >= 0.3 is 5.97 Å². The van der Waals surface area contributed by atoms with Crippen molar-refractivity contribution in [1.29, 1.82) is 0 Å². The number of carbonyl (C=O) groups is 2. The summed E-state index contributed by atoms with van der Waals surface area (Å²) in [6.07, 6.45) is 2.43. The van der Waals surface area contributed by atoms with Gasteiger partial charge in [-0.25, -0.2) is 10.2 Å². The van der Waals surface area contributed by atoms with E-state index in [1.54, 1.807) is 48.5 Å². The van der Waals surface area contributed by atoms with Gasteiger partial charge in [0.05, 0.1) is 18.4 Å². The average molecular weight is 340 g/mol. The van der Waals surface area contributed by atoms with Crippen molar-refractivity contribution in [1.82, 2.24) is 5.43 Å². The average Bonchev–Trinajstić information content (AvgIpc) is 2.61.